The molecule has 0 amide bonds. The van der Waals surface area contributed by atoms with Gasteiger partial charge in [-0.1, -0.05) is 0 Å². The predicted molar refractivity (Wildman–Crippen MR) is 24.5 cm³/mol. The Hall–Kier alpha value is 1.96. The van der Waals surface area contributed by atoms with Gasteiger partial charge in [-0.15, -0.1) is 0 Å². The Labute approximate surface area is 94.2 Å². The Bertz CT molecular complexity index is 43.3. The molecule has 0 unspecified atom stereocenters. The van der Waals surface area contributed by atoms with E-state index in [2.05, 4.69) is 5.14 Å². The van der Waals surface area contributed by atoms with Gasteiger partial charge in [0.1, 0.15) is 5.40 Å². The van der Waals surface area contributed by atoms with Crippen LogP contribution in [0.15, 0.2) is 0 Å². The van der Waals surface area contributed by atoms with Crippen LogP contribution >= 0.6 is 11.9 Å². The first-order valence-electron chi connectivity index (χ1n) is 0.663. The Morgan fingerprint density at radius 3 is 1.83 bits per heavy atom. The molecule has 0 aromatic rings. The first-order chi connectivity index (χ1) is 1.91. The molecule has 0 aliphatic heterocycles. The summed E-state index contributed by atoms with van der Waals surface area (Å²) in [5, 5.41) is 13.7. The third-order valence-electron chi connectivity index (χ3n) is 0.0527. The number of hydrogen-bond donors (Lipinski definition) is 1. The quantitative estimate of drug-likeness (QED) is 0.300. The predicted octanol–water partition coefficient (Wildman–Crippen LogP) is -0.577. The third kappa shape index (κ3) is 16.7. The molecule has 0 bridgehead atoms. The summed E-state index contributed by atoms with van der Waals surface area (Å²) in [6.45, 7) is 0. The van der Waals surface area contributed by atoms with Gasteiger partial charge in [0.05, 0.1) is 0 Å². The van der Waals surface area contributed by atoms with Gasteiger partial charge in [0.15, 0.2) is 0 Å². The van der Waals surface area contributed by atoms with E-state index in [1.165, 1.54) is 0 Å². The zero-order valence-electron chi connectivity index (χ0n) is 2.29. The number of nitrogens with two attached hydrogens (primary N) is 1. The van der Waals surface area contributed by atoms with E-state index in [4.69, 9.17) is 5.26 Å². The normalized spacial score (nSPS) is 3.33. The van der Waals surface area contributed by atoms with Crippen LogP contribution in [0.1, 0.15) is 0 Å². The maximum atomic E-state index is 7.46. The minimum absolute atomic E-state index is 0. The fourth-order valence-electron chi connectivity index (χ4n) is 0. The van der Waals surface area contributed by atoms with Gasteiger partial charge < -0.3 is 0 Å². The molecule has 0 saturated carbocycles. The fraction of sp³-hybridized carbons (Fsp3) is 0. The first-order valence-corrected chi connectivity index (χ1v) is 1.54. The molecule has 0 atom stereocenters. The van der Waals surface area contributed by atoms with Crippen molar-refractivity contribution in [1.29, 1.82) is 5.26 Å². The summed E-state index contributed by atoms with van der Waals surface area (Å²) in [4.78, 5) is 0. The van der Waals surface area contributed by atoms with Gasteiger partial charge in [-0.2, -0.15) is 5.26 Å². The summed E-state index contributed by atoms with van der Waals surface area (Å²) in [6.07, 6.45) is 0. The Kier molecular flexibility index (Phi) is 41.2. The molecule has 0 rings (SSSR count). The van der Waals surface area contributed by atoms with Crippen LogP contribution in [0.2, 0.25) is 0 Å². The molecule has 32 valence electrons. The van der Waals surface area contributed by atoms with Crippen molar-refractivity contribution in [2.75, 3.05) is 0 Å². The Morgan fingerprint density at radius 1 is 1.67 bits per heavy atom. The number of rotatable bonds is 0. The van der Waals surface area contributed by atoms with Gasteiger partial charge in [-0.25, -0.2) is 0 Å². The van der Waals surface area contributed by atoms with Crippen molar-refractivity contribution in [3.05, 3.63) is 0 Å². The molecular formula is CH3FeKN2S. The van der Waals surface area contributed by atoms with E-state index in [1.54, 1.807) is 5.40 Å². The zero-order chi connectivity index (χ0) is 3.41. The van der Waals surface area contributed by atoms with Crippen LogP contribution in [0.25, 0.3) is 0 Å². The summed E-state index contributed by atoms with van der Waals surface area (Å²) in [7, 11) is 0. The van der Waals surface area contributed by atoms with Crippen molar-refractivity contribution in [2.24, 2.45) is 5.14 Å². The molecule has 6 heavy (non-hydrogen) atoms. The summed E-state index contributed by atoms with van der Waals surface area (Å²) >= 11 is 0.662. The van der Waals surface area contributed by atoms with Crippen LogP contribution in [0.5, 0.6) is 0 Å². The van der Waals surface area contributed by atoms with Crippen molar-refractivity contribution in [2.45, 2.75) is 0 Å². The Morgan fingerprint density at radius 2 is 1.83 bits per heavy atom. The van der Waals surface area contributed by atoms with Crippen LogP contribution in [0.4, 0.5) is 0 Å². The number of hydrogen-bond acceptors (Lipinski definition) is 3. The molecule has 0 fully saturated rings. The average Bonchev–Trinajstić information content (AvgIpc) is 1.37. The zero-order valence-corrected chi connectivity index (χ0v) is 4.21. The number of nitrogens with zero attached hydrogens (tertiary/aromatic N) is 1. The number of nitriles is 1. The Balaban J connectivity index is -0.0000000450. The molecule has 0 saturated heterocycles. The topological polar surface area (TPSA) is 49.8 Å². The maximum absolute atomic E-state index is 7.46. The van der Waals surface area contributed by atoms with Gasteiger partial charge in [0.2, 0.25) is 0 Å². The SMILES string of the molecule is N#CSN.[Fe].[KH]. The van der Waals surface area contributed by atoms with Crippen LogP contribution in [-0.4, -0.2) is 51.4 Å². The molecule has 5 heteroatoms. The van der Waals surface area contributed by atoms with Crippen LogP contribution in [0, 0.1) is 10.7 Å². The van der Waals surface area contributed by atoms with E-state index >= 15 is 0 Å². The summed E-state index contributed by atoms with van der Waals surface area (Å²) < 4.78 is 0. The van der Waals surface area contributed by atoms with Gasteiger partial charge in [0.25, 0.3) is 0 Å². The summed E-state index contributed by atoms with van der Waals surface area (Å²) in [5.41, 5.74) is 0. The van der Waals surface area contributed by atoms with E-state index < -0.39 is 0 Å². The van der Waals surface area contributed by atoms with E-state index in [0.29, 0.717) is 11.9 Å². The second-order valence-corrected chi connectivity index (χ2v) is 0.627. The molecule has 2 N–H and O–H groups in total. The van der Waals surface area contributed by atoms with Crippen molar-refractivity contribution in [3.63, 3.8) is 0 Å². The van der Waals surface area contributed by atoms with Gasteiger partial charge >= 0.3 is 51.4 Å². The molecule has 0 aromatic carbocycles. The second-order valence-electron chi connectivity index (χ2n) is 0.209. The fourth-order valence-corrected chi connectivity index (χ4v) is 0. The molecular weight excluding hydrogens is 167 g/mol. The molecule has 0 radical (unpaired) electrons. The monoisotopic (exact) mass is 170 g/mol. The van der Waals surface area contributed by atoms with E-state index in [0.717, 1.165) is 0 Å². The van der Waals surface area contributed by atoms with Crippen molar-refractivity contribution >= 4 is 63.3 Å². The number of thiocyanates is 1. The van der Waals surface area contributed by atoms with Crippen molar-refractivity contribution in [1.82, 2.24) is 0 Å². The molecule has 0 heterocycles. The minimum atomic E-state index is 0. The van der Waals surface area contributed by atoms with E-state index in [1.807, 2.05) is 0 Å². The second kappa shape index (κ2) is 15.8. The van der Waals surface area contributed by atoms with Gasteiger partial charge in [0, 0.05) is 29.0 Å². The molecule has 2 nitrogen and oxygen atoms in total. The standard InChI is InChI=1S/CH2N2S.Fe.K.H/c2-1-4-3;;;/h3H2;;;. The van der Waals surface area contributed by atoms with Crippen LogP contribution in [-0.2, 0) is 17.1 Å². The van der Waals surface area contributed by atoms with Crippen molar-refractivity contribution < 1.29 is 17.1 Å². The molecule has 0 aliphatic carbocycles. The van der Waals surface area contributed by atoms with Gasteiger partial charge in [-0.3, -0.25) is 5.14 Å². The third-order valence-corrected chi connectivity index (χ3v) is 0.158. The first kappa shape index (κ1) is 15.7. The molecule has 0 spiro atoms. The van der Waals surface area contributed by atoms with Gasteiger partial charge in [-0.05, 0) is 0 Å². The summed E-state index contributed by atoms with van der Waals surface area (Å²) in [5.74, 6) is 0. The van der Waals surface area contributed by atoms with Crippen LogP contribution in [0.3, 0.4) is 0 Å². The van der Waals surface area contributed by atoms with Crippen LogP contribution < -0.4 is 5.14 Å². The summed E-state index contributed by atoms with van der Waals surface area (Å²) in [6, 6.07) is 0. The average molecular weight is 170 g/mol. The molecule has 0 aliphatic rings. The van der Waals surface area contributed by atoms with E-state index in [-0.39, 0.29) is 68.5 Å². The van der Waals surface area contributed by atoms with Crippen molar-refractivity contribution in [3.8, 4) is 5.40 Å². The van der Waals surface area contributed by atoms with E-state index in [9.17, 15) is 0 Å². The molecule has 0 aromatic heterocycles.